The molecule has 7 nitrogen and oxygen atoms in total. The first-order valence-corrected chi connectivity index (χ1v) is 9.51. The van der Waals surface area contributed by atoms with Crippen LogP contribution < -0.4 is 20.3 Å². The van der Waals surface area contributed by atoms with Gasteiger partial charge in [0, 0.05) is 25.4 Å². The minimum Gasteiger partial charge on any atom is -0.493 e. The van der Waals surface area contributed by atoms with Crippen molar-refractivity contribution in [1.29, 1.82) is 0 Å². The summed E-state index contributed by atoms with van der Waals surface area (Å²) in [7, 11) is 1.59. The van der Waals surface area contributed by atoms with E-state index in [0.29, 0.717) is 24.7 Å². The maximum atomic E-state index is 12.1. The van der Waals surface area contributed by atoms with E-state index in [1.165, 1.54) is 10.6 Å². The summed E-state index contributed by atoms with van der Waals surface area (Å²) in [5, 5.41) is 2.82. The molecule has 0 unspecified atom stereocenters. The van der Waals surface area contributed by atoms with Crippen LogP contribution in [0.2, 0.25) is 0 Å². The largest absolute Gasteiger partial charge is 0.493 e. The lowest BCUT2D eigenvalue weighted by Gasteiger charge is -2.19. The lowest BCUT2D eigenvalue weighted by molar-refractivity contribution is -0.121. The van der Waals surface area contributed by atoms with E-state index in [-0.39, 0.29) is 18.0 Å². The van der Waals surface area contributed by atoms with E-state index >= 15 is 0 Å². The molecule has 0 radical (unpaired) electrons. The number of pyridine rings is 1. The summed E-state index contributed by atoms with van der Waals surface area (Å²) < 4.78 is 12.6. The highest BCUT2D eigenvalue weighted by atomic mass is 16.5. The van der Waals surface area contributed by atoms with Gasteiger partial charge in [0.05, 0.1) is 7.11 Å². The van der Waals surface area contributed by atoms with Gasteiger partial charge in [-0.2, -0.15) is 0 Å². The molecule has 2 rings (SSSR count). The van der Waals surface area contributed by atoms with E-state index in [4.69, 9.17) is 9.47 Å². The third-order valence-electron chi connectivity index (χ3n) is 4.49. The Hall–Kier alpha value is -2.80. The molecule has 0 atom stereocenters. The van der Waals surface area contributed by atoms with Crippen LogP contribution in [0.4, 0.5) is 0 Å². The first-order chi connectivity index (χ1) is 13.6. The number of likely N-dealkylation sites (N-methyl/N-ethyl adjacent to an activating group) is 1. The second-order valence-corrected chi connectivity index (χ2v) is 6.30. The standard InChI is InChI=1S/C21H29N3O4/c1-4-23(5-2)12-13-28-18-10-9-17(14-19(18)27-3)15-22-20(25)16-24-11-7-6-8-21(24)26/h6-11,14H,4-5,12-13,15-16H2,1-3H3,(H,22,25). The monoisotopic (exact) mass is 387 g/mol. The van der Waals surface area contributed by atoms with Crippen LogP contribution in [0, 0.1) is 0 Å². The molecular weight excluding hydrogens is 358 g/mol. The topological polar surface area (TPSA) is 72.8 Å². The summed E-state index contributed by atoms with van der Waals surface area (Å²) in [6, 6.07) is 10.4. The molecule has 7 heteroatoms. The number of nitrogens with one attached hydrogen (secondary N) is 1. The Morgan fingerprint density at radius 2 is 1.93 bits per heavy atom. The number of carbonyl (C=O) groups excluding carboxylic acids is 1. The molecule has 0 saturated heterocycles. The van der Waals surface area contributed by atoms with Crippen LogP contribution in [-0.4, -0.2) is 48.7 Å². The number of aromatic nitrogens is 1. The molecule has 0 fully saturated rings. The molecule has 0 aliphatic heterocycles. The summed E-state index contributed by atoms with van der Waals surface area (Å²) in [5.74, 6) is 1.08. The van der Waals surface area contributed by atoms with Gasteiger partial charge in [-0.3, -0.25) is 9.59 Å². The van der Waals surface area contributed by atoms with Crippen molar-refractivity contribution < 1.29 is 14.3 Å². The van der Waals surface area contributed by atoms with Crippen molar-refractivity contribution in [2.45, 2.75) is 26.9 Å². The number of amides is 1. The SMILES string of the molecule is CCN(CC)CCOc1ccc(CNC(=O)Cn2ccccc2=O)cc1OC. The second-order valence-electron chi connectivity index (χ2n) is 6.30. The van der Waals surface area contributed by atoms with E-state index in [1.807, 2.05) is 18.2 Å². The van der Waals surface area contributed by atoms with Gasteiger partial charge in [0.25, 0.3) is 5.56 Å². The Balaban J connectivity index is 1.89. The Morgan fingerprint density at radius 3 is 2.61 bits per heavy atom. The smallest absolute Gasteiger partial charge is 0.250 e. The van der Waals surface area contributed by atoms with Crippen LogP contribution in [0.1, 0.15) is 19.4 Å². The Bertz CT molecular complexity index is 815. The first kappa shape index (κ1) is 21.5. The van der Waals surface area contributed by atoms with Crippen LogP contribution >= 0.6 is 0 Å². The Labute approximate surface area is 165 Å². The second kappa shape index (κ2) is 11.1. The van der Waals surface area contributed by atoms with Gasteiger partial charge in [0.2, 0.25) is 5.91 Å². The number of hydrogen-bond acceptors (Lipinski definition) is 5. The summed E-state index contributed by atoms with van der Waals surface area (Å²) in [6.07, 6.45) is 1.59. The van der Waals surface area contributed by atoms with E-state index in [0.717, 1.165) is 25.2 Å². The zero-order valence-electron chi connectivity index (χ0n) is 16.8. The van der Waals surface area contributed by atoms with Gasteiger partial charge in [-0.1, -0.05) is 26.0 Å². The van der Waals surface area contributed by atoms with Gasteiger partial charge in [-0.15, -0.1) is 0 Å². The normalized spacial score (nSPS) is 10.7. The summed E-state index contributed by atoms with van der Waals surface area (Å²) in [5.41, 5.74) is 0.687. The molecule has 1 amide bonds. The number of ether oxygens (including phenoxy) is 2. The number of rotatable bonds is 11. The minimum atomic E-state index is -0.230. The number of nitrogens with zero attached hydrogens (tertiary/aromatic N) is 2. The highest BCUT2D eigenvalue weighted by Gasteiger charge is 2.09. The molecule has 1 N–H and O–H groups in total. The Morgan fingerprint density at radius 1 is 1.14 bits per heavy atom. The predicted molar refractivity (Wildman–Crippen MR) is 109 cm³/mol. The van der Waals surface area contributed by atoms with Crippen molar-refractivity contribution >= 4 is 5.91 Å². The average Bonchev–Trinajstić information content (AvgIpc) is 2.72. The third kappa shape index (κ3) is 6.42. The number of carbonyl (C=O) groups is 1. The molecule has 2 aromatic rings. The average molecular weight is 387 g/mol. The zero-order valence-corrected chi connectivity index (χ0v) is 16.8. The highest BCUT2D eigenvalue weighted by Crippen LogP contribution is 2.28. The molecule has 0 aliphatic rings. The molecule has 1 aromatic heterocycles. The fraction of sp³-hybridized carbons (Fsp3) is 0.429. The molecule has 1 aromatic carbocycles. The van der Waals surface area contributed by atoms with Crippen molar-refractivity contribution in [2.75, 3.05) is 33.4 Å². The molecule has 0 saturated carbocycles. The summed E-state index contributed by atoms with van der Waals surface area (Å²) in [6.45, 7) is 8.00. The van der Waals surface area contributed by atoms with Crippen LogP contribution in [0.25, 0.3) is 0 Å². The van der Waals surface area contributed by atoms with Crippen molar-refractivity contribution in [3.8, 4) is 11.5 Å². The maximum Gasteiger partial charge on any atom is 0.250 e. The molecule has 152 valence electrons. The zero-order chi connectivity index (χ0) is 20.4. The van der Waals surface area contributed by atoms with Gasteiger partial charge in [-0.05, 0) is 36.9 Å². The fourth-order valence-corrected chi connectivity index (χ4v) is 2.77. The molecule has 0 bridgehead atoms. The minimum absolute atomic E-state index is 0.0106. The van der Waals surface area contributed by atoms with E-state index in [9.17, 15) is 9.59 Å². The first-order valence-electron chi connectivity index (χ1n) is 9.51. The van der Waals surface area contributed by atoms with Crippen molar-refractivity contribution in [1.82, 2.24) is 14.8 Å². The number of benzene rings is 1. The summed E-state index contributed by atoms with van der Waals surface area (Å²) >= 11 is 0. The van der Waals surface area contributed by atoms with Crippen LogP contribution in [0.15, 0.2) is 47.4 Å². The maximum absolute atomic E-state index is 12.1. The molecule has 0 spiro atoms. The van der Waals surface area contributed by atoms with Crippen LogP contribution in [0.3, 0.4) is 0 Å². The molecule has 28 heavy (non-hydrogen) atoms. The number of hydrogen-bond donors (Lipinski definition) is 1. The lowest BCUT2D eigenvalue weighted by Crippen LogP contribution is -2.31. The molecule has 0 aliphatic carbocycles. The molecular formula is C21H29N3O4. The van der Waals surface area contributed by atoms with E-state index in [2.05, 4.69) is 24.1 Å². The van der Waals surface area contributed by atoms with Gasteiger partial charge in [-0.25, -0.2) is 0 Å². The van der Waals surface area contributed by atoms with E-state index < -0.39 is 0 Å². The van der Waals surface area contributed by atoms with Gasteiger partial charge in [0.15, 0.2) is 11.5 Å². The predicted octanol–water partition coefficient (Wildman–Crippen LogP) is 1.89. The van der Waals surface area contributed by atoms with Crippen molar-refractivity contribution in [2.24, 2.45) is 0 Å². The van der Waals surface area contributed by atoms with E-state index in [1.54, 1.807) is 25.4 Å². The summed E-state index contributed by atoms with van der Waals surface area (Å²) in [4.78, 5) is 26.0. The van der Waals surface area contributed by atoms with Crippen molar-refractivity contribution in [3.63, 3.8) is 0 Å². The fourth-order valence-electron chi connectivity index (χ4n) is 2.77. The Kier molecular flexibility index (Phi) is 8.55. The quantitative estimate of drug-likeness (QED) is 0.638. The van der Waals surface area contributed by atoms with Gasteiger partial charge in [0.1, 0.15) is 13.2 Å². The highest BCUT2D eigenvalue weighted by molar-refractivity contribution is 5.75. The van der Waals surface area contributed by atoms with Gasteiger partial charge >= 0.3 is 0 Å². The van der Waals surface area contributed by atoms with Gasteiger partial charge < -0.3 is 24.3 Å². The van der Waals surface area contributed by atoms with Crippen molar-refractivity contribution in [3.05, 3.63) is 58.5 Å². The van der Waals surface area contributed by atoms with Crippen LogP contribution in [0.5, 0.6) is 11.5 Å². The van der Waals surface area contributed by atoms with Crippen LogP contribution in [-0.2, 0) is 17.9 Å². The number of methoxy groups -OCH3 is 1. The third-order valence-corrected chi connectivity index (χ3v) is 4.49. The molecule has 1 heterocycles. The lowest BCUT2D eigenvalue weighted by atomic mass is 10.2.